The Labute approximate surface area is 126 Å². The third-order valence-electron chi connectivity index (χ3n) is 4.07. The molecule has 1 aliphatic rings. The molecule has 1 unspecified atom stereocenters. The number of nitrogens with one attached hydrogen (secondary N) is 1. The average molecular weight is 285 g/mol. The van der Waals surface area contributed by atoms with Crippen LogP contribution in [0, 0.1) is 5.41 Å². The number of hydrogen-bond donors (Lipinski definition) is 1. The van der Waals surface area contributed by atoms with Crippen LogP contribution in [0.3, 0.4) is 0 Å². The van der Waals surface area contributed by atoms with Crippen molar-refractivity contribution >= 4 is 0 Å². The Morgan fingerprint density at radius 3 is 2.86 bits per heavy atom. The molecule has 1 aromatic carbocycles. The summed E-state index contributed by atoms with van der Waals surface area (Å²) in [5.41, 5.74) is 2.39. The SMILES string of the molecule is CN(Cc1cnn(-c2ccccc2)n1)CC1(C)CCNC1. The summed E-state index contributed by atoms with van der Waals surface area (Å²) >= 11 is 0. The van der Waals surface area contributed by atoms with Crippen LogP contribution in [0.25, 0.3) is 5.69 Å². The summed E-state index contributed by atoms with van der Waals surface area (Å²) in [6, 6.07) is 10.0. The summed E-state index contributed by atoms with van der Waals surface area (Å²) < 4.78 is 0. The standard InChI is InChI=1S/C16H23N5/c1-16(8-9-17-12-16)13-20(2)11-14-10-18-21(19-14)15-6-4-3-5-7-15/h3-7,10,17H,8-9,11-13H2,1-2H3. The summed E-state index contributed by atoms with van der Waals surface area (Å²) in [6.07, 6.45) is 3.10. The molecule has 21 heavy (non-hydrogen) atoms. The Morgan fingerprint density at radius 2 is 2.14 bits per heavy atom. The molecule has 0 amide bonds. The van der Waals surface area contributed by atoms with Crippen molar-refractivity contribution in [3.63, 3.8) is 0 Å². The third kappa shape index (κ3) is 3.49. The minimum Gasteiger partial charge on any atom is -0.316 e. The molecule has 5 nitrogen and oxygen atoms in total. The maximum Gasteiger partial charge on any atom is 0.0971 e. The predicted molar refractivity (Wildman–Crippen MR) is 83.3 cm³/mol. The van der Waals surface area contributed by atoms with Gasteiger partial charge >= 0.3 is 0 Å². The van der Waals surface area contributed by atoms with Crippen molar-refractivity contribution in [1.29, 1.82) is 0 Å². The summed E-state index contributed by atoms with van der Waals surface area (Å²) in [5.74, 6) is 0. The van der Waals surface area contributed by atoms with Gasteiger partial charge in [-0.2, -0.15) is 15.0 Å². The lowest BCUT2D eigenvalue weighted by Gasteiger charge is -2.28. The van der Waals surface area contributed by atoms with E-state index < -0.39 is 0 Å². The minimum absolute atomic E-state index is 0.379. The first-order valence-corrected chi connectivity index (χ1v) is 7.51. The molecule has 1 aromatic heterocycles. The largest absolute Gasteiger partial charge is 0.316 e. The highest BCUT2D eigenvalue weighted by molar-refractivity contribution is 5.28. The van der Waals surface area contributed by atoms with E-state index in [1.807, 2.05) is 36.5 Å². The van der Waals surface area contributed by atoms with Gasteiger partial charge in [0.1, 0.15) is 0 Å². The molecule has 0 saturated carbocycles. The molecule has 1 aliphatic heterocycles. The van der Waals surface area contributed by atoms with Crippen LogP contribution in [0.5, 0.6) is 0 Å². The van der Waals surface area contributed by atoms with Gasteiger partial charge in [-0.15, -0.1) is 0 Å². The summed E-state index contributed by atoms with van der Waals surface area (Å²) in [6.45, 7) is 6.51. The Hall–Kier alpha value is -1.72. The van der Waals surface area contributed by atoms with E-state index in [1.165, 1.54) is 6.42 Å². The van der Waals surface area contributed by atoms with Crippen molar-refractivity contribution in [2.45, 2.75) is 19.9 Å². The number of para-hydroxylation sites is 1. The average Bonchev–Trinajstić information content (AvgIpc) is 3.09. The molecule has 3 rings (SSSR count). The molecule has 0 radical (unpaired) electrons. The first-order chi connectivity index (χ1) is 10.1. The fraction of sp³-hybridized carbons (Fsp3) is 0.500. The van der Waals surface area contributed by atoms with Crippen LogP contribution in [0.2, 0.25) is 0 Å². The predicted octanol–water partition coefficient (Wildman–Crippen LogP) is 1.70. The Balaban J connectivity index is 1.62. The number of benzene rings is 1. The molecule has 1 saturated heterocycles. The lowest BCUT2D eigenvalue weighted by atomic mass is 9.89. The van der Waals surface area contributed by atoms with Gasteiger partial charge < -0.3 is 5.32 Å². The lowest BCUT2D eigenvalue weighted by molar-refractivity contribution is 0.201. The van der Waals surface area contributed by atoms with Gasteiger partial charge in [-0.3, -0.25) is 4.90 Å². The number of aromatic nitrogens is 3. The van der Waals surface area contributed by atoms with Crippen molar-refractivity contribution < 1.29 is 0 Å². The topological polar surface area (TPSA) is 46.0 Å². The van der Waals surface area contributed by atoms with Crippen LogP contribution < -0.4 is 5.32 Å². The second-order valence-corrected chi connectivity index (χ2v) is 6.37. The smallest absolute Gasteiger partial charge is 0.0971 e. The van der Waals surface area contributed by atoms with Gasteiger partial charge in [0.15, 0.2) is 0 Å². The zero-order valence-corrected chi connectivity index (χ0v) is 12.8. The molecule has 1 N–H and O–H groups in total. The summed E-state index contributed by atoms with van der Waals surface area (Å²) in [7, 11) is 2.16. The van der Waals surface area contributed by atoms with E-state index >= 15 is 0 Å². The highest BCUT2D eigenvalue weighted by Crippen LogP contribution is 2.25. The second kappa shape index (κ2) is 5.95. The van der Waals surface area contributed by atoms with Crippen molar-refractivity contribution in [3.05, 3.63) is 42.2 Å². The number of nitrogens with zero attached hydrogens (tertiary/aromatic N) is 4. The van der Waals surface area contributed by atoms with E-state index in [-0.39, 0.29) is 0 Å². The highest BCUT2D eigenvalue weighted by Gasteiger charge is 2.29. The van der Waals surface area contributed by atoms with E-state index in [0.29, 0.717) is 5.41 Å². The van der Waals surface area contributed by atoms with Crippen LogP contribution in [0.15, 0.2) is 36.5 Å². The maximum absolute atomic E-state index is 4.57. The molecule has 1 atom stereocenters. The van der Waals surface area contributed by atoms with Gasteiger partial charge in [0.25, 0.3) is 0 Å². The molecule has 5 heteroatoms. The van der Waals surface area contributed by atoms with Crippen LogP contribution in [0.1, 0.15) is 19.0 Å². The normalized spacial score (nSPS) is 22.0. The fourth-order valence-corrected chi connectivity index (χ4v) is 3.04. The van der Waals surface area contributed by atoms with Crippen molar-refractivity contribution in [2.75, 3.05) is 26.7 Å². The van der Waals surface area contributed by atoms with Gasteiger partial charge in [-0.1, -0.05) is 25.1 Å². The number of rotatable bonds is 5. The molecule has 2 aromatic rings. The van der Waals surface area contributed by atoms with E-state index in [1.54, 1.807) is 4.80 Å². The Bertz CT molecular complexity index is 571. The van der Waals surface area contributed by atoms with Crippen molar-refractivity contribution in [2.24, 2.45) is 5.41 Å². The van der Waals surface area contributed by atoms with Gasteiger partial charge in [0, 0.05) is 19.6 Å². The molecule has 0 bridgehead atoms. The molecular formula is C16H23N5. The minimum atomic E-state index is 0.379. The molecule has 0 aliphatic carbocycles. The third-order valence-corrected chi connectivity index (χ3v) is 4.07. The lowest BCUT2D eigenvalue weighted by Crippen LogP contribution is -2.34. The molecule has 1 fully saturated rings. The molecular weight excluding hydrogens is 262 g/mol. The zero-order chi connectivity index (χ0) is 14.7. The van der Waals surface area contributed by atoms with E-state index in [2.05, 4.69) is 34.4 Å². The molecule has 2 heterocycles. The highest BCUT2D eigenvalue weighted by atomic mass is 15.5. The summed E-state index contributed by atoms with van der Waals surface area (Å²) in [4.78, 5) is 4.04. The van der Waals surface area contributed by atoms with Gasteiger partial charge in [-0.25, -0.2) is 0 Å². The van der Waals surface area contributed by atoms with Crippen molar-refractivity contribution in [3.8, 4) is 5.69 Å². The Morgan fingerprint density at radius 1 is 1.33 bits per heavy atom. The van der Waals surface area contributed by atoms with Crippen LogP contribution in [-0.2, 0) is 6.54 Å². The van der Waals surface area contributed by atoms with E-state index in [9.17, 15) is 0 Å². The van der Waals surface area contributed by atoms with E-state index in [0.717, 1.165) is 37.6 Å². The van der Waals surface area contributed by atoms with Crippen molar-refractivity contribution in [1.82, 2.24) is 25.2 Å². The van der Waals surface area contributed by atoms with Crippen LogP contribution in [0.4, 0.5) is 0 Å². The van der Waals surface area contributed by atoms with Gasteiger partial charge in [-0.05, 0) is 37.6 Å². The zero-order valence-electron chi connectivity index (χ0n) is 12.8. The molecule has 0 spiro atoms. The first kappa shape index (κ1) is 14.2. The maximum atomic E-state index is 4.57. The quantitative estimate of drug-likeness (QED) is 0.908. The summed E-state index contributed by atoms with van der Waals surface area (Å²) in [5, 5.41) is 12.4. The van der Waals surface area contributed by atoms with Gasteiger partial charge in [0.05, 0.1) is 17.6 Å². The fourth-order valence-electron chi connectivity index (χ4n) is 3.04. The van der Waals surface area contributed by atoms with Crippen LogP contribution in [-0.4, -0.2) is 46.6 Å². The second-order valence-electron chi connectivity index (χ2n) is 6.37. The van der Waals surface area contributed by atoms with Gasteiger partial charge in [0.2, 0.25) is 0 Å². The van der Waals surface area contributed by atoms with Crippen LogP contribution >= 0.6 is 0 Å². The number of hydrogen-bond acceptors (Lipinski definition) is 4. The Kier molecular flexibility index (Phi) is 4.03. The molecule has 112 valence electrons. The van der Waals surface area contributed by atoms with E-state index in [4.69, 9.17) is 0 Å². The first-order valence-electron chi connectivity index (χ1n) is 7.51. The monoisotopic (exact) mass is 285 g/mol.